The molecule has 8 nitrogen and oxygen atoms in total. The zero-order valence-corrected chi connectivity index (χ0v) is 14.9. The van der Waals surface area contributed by atoms with Crippen LogP contribution in [0.4, 0.5) is 24.5 Å². The Hall–Kier alpha value is -3.63. The van der Waals surface area contributed by atoms with Gasteiger partial charge in [0.25, 0.3) is 11.6 Å². The molecule has 0 unspecified atom stereocenters. The van der Waals surface area contributed by atoms with Gasteiger partial charge in [-0.15, -0.1) is 0 Å². The summed E-state index contributed by atoms with van der Waals surface area (Å²) in [4.78, 5) is 33.7. The number of benzene rings is 2. The third-order valence-corrected chi connectivity index (χ3v) is 3.56. The molecule has 1 N–H and O–H groups in total. The Morgan fingerprint density at radius 2 is 1.69 bits per heavy atom. The number of non-ortho nitro benzene ring substituents is 1. The fourth-order valence-electron chi connectivity index (χ4n) is 2.08. The molecule has 2 aromatic carbocycles. The van der Waals surface area contributed by atoms with Gasteiger partial charge in [-0.25, -0.2) is 4.79 Å². The van der Waals surface area contributed by atoms with E-state index in [1.54, 1.807) is 0 Å². The number of carbonyl (C=O) groups excluding carboxylic acids is 2. The summed E-state index contributed by atoms with van der Waals surface area (Å²) in [6.45, 7) is 0.735. The van der Waals surface area contributed by atoms with Gasteiger partial charge in [0, 0.05) is 17.8 Å². The maximum absolute atomic E-state index is 12.5. The first-order valence-electron chi connectivity index (χ1n) is 8.11. The van der Waals surface area contributed by atoms with E-state index in [1.807, 2.05) is 0 Å². The van der Waals surface area contributed by atoms with Crippen molar-refractivity contribution in [1.82, 2.24) is 0 Å². The maximum Gasteiger partial charge on any atom is 0.416 e. The zero-order valence-electron chi connectivity index (χ0n) is 14.9. The van der Waals surface area contributed by atoms with Crippen molar-refractivity contribution in [3.8, 4) is 5.75 Å². The number of nitrogens with one attached hydrogen (secondary N) is 1. The summed E-state index contributed by atoms with van der Waals surface area (Å²) in [5.74, 6) is -1.43. The first-order valence-corrected chi connectivity index (χ1v) is 8.11. The number of nitro benzene ring substituents is 1. The predicted molar refractivity (Wildman–Crippen MR) is 94.2 cm³/mol. The van der Waals surface area contributed by atoms with Crippen LogP contribution in [0.15, 0.2) is 48.5 Å². The molecule has 0 fully saturated rings. The van der Waals surface area contributed by atoms with E-state index in [1.165, 1.54) is 31.2 Å². The average molecular weight is 412 g/mol. The average Bonchev–Trinajstić information content (AvgIpc) is 2.66. The fourth-order valence-corrected chi connectivity index (χ4v) is 2.08. The van der Waals surface area contributed by atoms with Crippen molar-refractivity contribution in [2.75, 3.05) is 11.9 Å². The lowest BCUT2D eigenvalue weighted by Gasteiger charge is -2.14. The summed E-state index contributed by atoms with van der Waals surface area (Å²) in [5, 5.41) is 12.9. The number of hydrogen-bond acceptors (Lipinski definition) is 6. The molecule has 0 bridgehead atoms. The van der Waals surface area contributed by atoms with Crippen molar-refractivity contribution in [2.24, 2.45) is 0 Å². The molecule has 0 aliphatic heterocycles. The van der Waals surface area contributed by atoms with Gasteiger partial charge in [0.05, 0.1) is 10.5 Å². The smallest absolute Gasteiger partial charge is 0.416 e. The topological polar surface area (TPSA) is 108 Å². The van der Waals surface area contributed by atoms with E-state index in [2.05, 4.69) is 5.32 Å². The van der Waals surface area contributed by atoms with Crippen LogP contribution in [-0.4, -0.2) is 29.5 Å². The molecule has 0 radical (unpaired) electrons. The fraction of sp³-hybridized carbons (Fsp3) is 0.222. The number of ether oxygens (including phenoxy) is 2. The maximum atomic E-state index is 12.5. The van der Waals surface area contributed by atoms with Gasteiger partial charge in [-0.2, -0.15) is 13.2 Å². The molecule has 11 heteroatoms. The molecule has 1 amide bonds. The number of hydrogen-bond donors (Lipinski definition) is 1. The van der Waals surface area contributed by atoms with Crippen LogP contribution in [0.5, 0.6) is 5.75 Å². The van der Waals surface area contributed by atoms with Crippen molar-refractivity contribution >= 4 is 23.3 Å². The molecule has 0 heterocycles. The summed E-state index contributed by atoms with van der Waals surface area (Å²) in [6, 6.07) is 8.76. The Morgan fingerprint density at radius 1 is 1.10 bits per heavy atom. The number of halogens is 3. The van der Waals surface area contributed by atoms with E-state index < -0.39 is 41.3 Å². The Kier molecular flexibility index (Phi) is 6.75. The lowest BCUT2D eigenvalue weighted by molar-refractivity contribution is -0.384. The van der Waals surface area contributed by atoms with Crippen LogP contribution in [0.3, 0.4) is 0 Å². The number of nitrogens with zero attached hydrogens (tertiary/aromatic N) is 1. The van der Waals surface area contributed by atoms with E-state index in [0.717, 1.165) is 24.3 Å². The number of anilines is 1. The van der Waals surface area contributed by atoms with E-state index in [9.17, 15) is 32.9 Å². The summed E-state index contributed by atoms with van der Waals surface area (Å²) in [7, 11) is 0. The molecule has 29 heavy (non-hydrogen) atoms. The van der Waals surface area contributed by atoms with Gasteiger partial charge in [0.1, 0.15) is 5.75 Å². The Labute approximate surface area is 162 Å². The van der Waals surface area contributed by atoms with Gasteiger partial charge in [-0.05, 0) is 43.3 Å². The van der Waals surface area contributed by atoms with E-state index in [0.29, 0.717) is 0 Å². The zero-order chi connectivity index (χ0) is 21.6. The van der Waals surface area contributed by atoms with Gasteiger partial charge in [0.2, 0.25) is 0 Å². The Balaban J connectivity index is 1.82. The molecule has 0 spiro atoms. The van der Waals surface area contributed by atoms with E-state index in [-0.39, 0.29) is 17.1 Å². The highest BCUT2D eigenvalue weighted by molar-refractivity contribution is 5.95. The molecule has 2 rings (SSSR count). The normalized spacial score (nSPS) is 12.0. The van der Waals surface area contributed by atoms with Crippen molar-refractivity contribution in [3.63, 3.8) is 0 Å². The molecule has 0 saturated carbocycles. The monoisotopic (exact) mass is 412 g/mol. The SMILES string of the molecule is C[C@H](OC(=O)COc1ccc([N+](=O)[O-])cc1)C(=O)Nc1ccc(C(F)(F)F)cc1. The van der Waals surface area contributed by atoms with Crippen LogP contribution in [0.2, 0.25) is 0 Å². The lowest BCUT2D eigenvalue weighted by Crippen LogP contribution is -2.31. The van der Waals surface area contributed by atoms with Crippen molar-refractivity contribution in [3.05, 3.63) is 64.2 Å². The minimum atomic E-state index is -4.49. The molecular formula is C18H15F3N2O6. The second kappa shape index (κ2) is 9.04. The van der Waals surface area contributed by atoms with Gasteiger partial charge >= 0.3 is 12.1 Å². The molecule has 0 saturated heterocycles. The van der Waals surface area contributed by atoms with Crippen molar-refractivity contribution in [1.29, 1.82) is 0 Å². The molecule has 0 aliphatic carbocycles. The van der Waals surface area contributed by atoms with Crippen LogP contribution in [-0.2, 0) is 20.5 Å². The third-order valence-electron chi connectivity index (χ3n) is 3.56. The predicted octanol–water partition coefficient (Wildman–Crippen LogP) is 3.56. The molecule has 154 valence electrons. The van der Waals surface area contributed by atoms with E-state index >= 15 is 0 Å². The number of esters is 1. The second-order valence-electron chi connectivity index (χ2n) is 5.74. The quantitative estimate of drug-likeness (QED) is 0.423. The van der Waals surface area contributed by atoms with Crippen molar-refractivity contribution in [2.45, 2.75) is 19.2 Å². The van der Waals surface area contributed by atoms with Crippen LogP contribution in [0.1, 0.15) is 12.5 Å². The van der Waals surface area contributed by atoms with Crippen LogP contribution in [0.25, 0.3) is 0 Å². The van der Waals surface area contributed by atoms with Gasteiger partial charge in [-0.3, -0.25) is 14.9 Å². The van der Waals surface area contributed by atoms with E-state index in [4.69, 9.17) is 9.47 Å². The number of amides is 1. The van der Waals surface area contributed by atoms with Gasteiger partial charge in [0.15, 0.2) is 12.7 Å². The highest BCUT2D eigenvalue weighted by Gasteiger charge is 2.30. The minimum Gasteiger partial charge on any atom is -0.482 e. The van der Waals surface area contributed by atoms with Crippen LogP contribution < -0.4 is 10.1 Å². The third kappa shape index (κ3) is 6.48. The Morgan fingerprint density at radius 3 is 2.21 bits per heavy atom. The Bertz CT molecular complexity index is 882. The lowest BCUT2D eigenvalue weighted by atomic mass is 10.2. The summed E-state index contributed by atoms with van der Waals surface area (Å²) < 4.78 is 47.5. The highest BCUT2D eigenvalue weighted by atomic mass is 19.4. The number of carbonyl (C=O) groups is 2. The first-order chi connectivity index (χ1) is 13.6. The molecule has 2 aromatic rings. The molecule has 0 aliphatic rings. The largest absolute Gasteiger partial charge is 0.482 e. The summed E-state index contributed by atoms with van der Waals surface area (Å²) in [5.41, 5.74) is -0.903. The standard InChI is InChI=1S/C18H15F3N2O6/c1-11(17(25)22-13-4-2-12(3-5-13)18(19,20)21)29-16(24)10-28-15-8-6-14(7-9-15)23(26)27/h2-9,11H,10H2,1H3,(H,22,25)/t11-/m0/s1. The van der Waals surface area contributed by atoms with Crippen LogP contribution >= 0.6 is 0 Å². The molecule has 1 atom stereocenters. The highest BCUT2D eigenvalue weighted by Crippen LogP contribution is 2.29. The summed E-state index contributed by atoms with van der Waals surface area (Å²) in [6.07, 6.45) is -5.72. The second-order valence-corrected chi connectivity index (χ2v) is 5.74. The molecular weight excluding hydrogens is 397 g/mol. The van der Waals surface area contributed by atoms with Gasteiger partial charge in [-0.1, -0.05) is 0 Å². The number of alkyl halides is 3. The van der Waals surface area contributed by atoms with Crippen molar-refractivity contribution < 1.29 is 37.2 Å². The summed E-state index contributed by atoms with van der Waals surface area (Å²) >= 11 is 0. The van der Waals surface area contributed by atoms with Crippen LogP contribution in [0, 0.1) is 10.1 Å². The first kappa shape index (κ1) is 21.7. The number of nitro groups is 1. The minimum absolute atomic E-state index is 0.105. The number of rotatable bonds is 7. The van der Waals surface area contributed by atoms with Gasteiger partial charge < -0.3 is 14.8 Å². The molecule has 0 aromatic heterocycles.